The highest BCUT2D eigenvalue weighted by Crippen LogP contribution is 2.23. The van der Waals surface area contributed by atoms with Crippen molar-refractivity contribution < 1.29 is 14.6 Å². The Hall–Kier alpha value is -1.70. The number of aliphatic hydroxyl groups is 1. The van der Waals surface area contributed by atoms with E-state index in [1.165, 1.54) is 0 Å². The van der Waals surface area contributed by atoms with Crippen LogP contribution in [0.15, 0.2) is 12.1 Å². The van der Waals surface area contributed by atoms with Crippen LogP contribution in [0.25, 0.3) is 0 Å². The number of hydrogen-bond donors (Lipinski definition) is 3. The fraction of sp³-hybridized carbons (Fsp3) is 0.571. The van der Waals surface area contributed by atoms with Crippen LogP contribution in [0.3, 0.4) is 0 Å². The van der Waals surface area contributed by atoms with E-state index in [1.54, 1.807) is 24.0 Å². The largest absolute Gasteiger partial charge is 0.394 e. The van der Waals surface area contributed by atoms with Crippen LogP contribution in [0.2, 0.25) is 0 Å². The van der Waals surface area contributed by atoms with E-state index in [-0.39, 0.29) is 18.6 Å². The molecule has 0 saturated carbocycles. The third-order valence-electron chi connectivity index (χ3n) is 3.32. The topological polar surface area (TPSA) is 101 Å². The molecule has 1 unspecified atom stereocenters. The Balaban J connectivity index is 2.24. The van der Waals surface area contributed by atoms with Crippen LogP contribution in [0.4, 0.5) is 5.82 Å². The van der Waals surface area contributed by atoms with Crippen molar-refractivity contribution in [2.45, 2.75) is 32.5 Å². The summed E-state index contributed by atoms with van der Waals surface area (Å²) in [6.07, 6.45) is -0.368. The standard InChI is InChI=1S/C14H22N4O3/c1-9-4-10(5-12(16-9)17-15)13(20)18-6-11(7-19)21-14(2,3)8-18/h4-5,11,19H,6-8,15H2,1-3H3,(H,16,17). The molecule has 1 aliphatic rings. The summed E-state index contributed by atoms with van der Waals surface area (Å²) in [7, 11) is 0. The summed E-state index contributed by atoms with van der Waals surface area (Å²) in [6.45, 7) is 6.33. The summed E-state index contributed by atoms with van der Waals surface area (Å²) in [5.74, 6) is 5.69. The number of pyridine rings is 1. The zero-order valence-electron chi connectivity index (χ0n) is 12.6. The van der Waals surface area contributed by atoms with Crippen LogP contribution in [-0.2, 0) is 4.74 Å². The molecular weight excluding hydrogens is 272 g/mol. The van der Waals surface area contributed by atoms with Gasteiger partial charge in [-0.05, 0) is 32.9 Å². The summed E-state index contributed by atoms with van der Waals surface area (Å²) >= 11 is 0. The summed E-state index contributed by atoms with van der Waals surface area (Å²) in [4.78, 5) is 18.5. The molecule has 0 aliphatic carbocycles. The zero-order valence-corrected chi connectivity index (χ0v) is 12.6. The molecule has 4 N–H and O–H groups in total. The van der Waals surface area contributed by atoms with Gasteiger partial charge >= 0.3 is 0 Å². The summed E-state index contributed by atoms with van der Waals surface area (Å²) < 4.78 is 5.72. The number of nitrogens with zero attached hydrogens (tertiary/aromatic N) is 2. The number of nitrogens with one attached hydrogen (secondary N) is 1. The number of anilines is 1. The second-order valence-electron chi connectivity index (χ2n) is 5.89. The van der Waals surface area contributed by atoms with E-state index in [2.05, 4.69) is 10.4 Å². The van der Waals surface area contributed by atoms with Gasteiger partial charge in [0.05, 0.1) is 18.3 Å². The highest BCUT2D eigenvalue weighted by Gasteiger charge is 2.35. The lowest BCUT2D eigenvalue weighted by Crippen LogP contribution is -2.55. The summed E-state index contributed by atoms with van der Waals surface area (Å²) in [5, 5.41) is 9.32. The SMILES string of the molecule is Cc1cc(C(=O)N2CC(CO)OC(C)(C)C2)cc(NN)n1. The highest BCUT2D eigenvalue weighted by molar-refractivity contribution is 5.95. The van der Waals surface area contributed by atoms with Crippen molar-refractivity contribution >= 4 is 11.7 Å². The lowest BCUT2D eigenvalue weighted by Gasteiger charge is -2.42. The van der Waals surface area contributed by atoms with E-state index in [9.17, 15) is 9.90 Å². The van der Waals surface area contributed by atoms with Gasteiger partial charge in [0.15, 0.2) is 0 Å². The lowest BCUT2D eigenvalue weighted by atomic mass is 10.0. The van der Waals surface area contributed by atoms with Gasteiger partial charge in [-0.2, -0.15) is 0 Å². The second-order valence-corrected chi connectivity index (χ2v) is 5.89. The molecule has 1 aliphatic heterocycles. The maximum absolute atomic E-state index is 12.7. The van der Waals surface area contributed by atoms with Crippen LogP contribution in [0, 0.1) is 6.92 Å². The number of aryl methyl sites for hydroxylation is 1. The number of nitrogens with two attached hydrogens (primary N) is 1. The fourth-order valence-electron chi connectivity index (χ4n) is 2.59. The Kier molecular flexibility index (Phi) is 4.46. The van der Waals surface area contributed by atoms with Crippen molar-refractivity contribution in [3.8, 4) is 0 Å². The number of morpholine rings is 1. The third-order valence-corrected chi connectivity index (χ3v) is 3.32. The van der Waals surface area contributed by atoms with Crippen LogP contribution in [-0.4, -0.2) is 52.3 Å². The number of hydrazine groups is 1. The summed E-state index contributed by atoms with van der Waals surface area (Å²) in [6, 6.07) is 3.34. The van der Waals surface area contributed by atoms with Gasteiger partial charge in [0.1, 0.15) is 5.82 Å². The predicted molar refractivity (Wildman–Crippen MR) is 78.7 cm³/mol. The van der Waals surface area contributed by atoms with Gasteiger partial charge in [0, 0.05) is 24.3 Å². The number of amides is 1. The third kappa shape index (κ3) is 3.69. The molecule has 2 rings (SSSR count). The average molecular weight is 294 g/mol. The molecule has 2 heterocycles. The minimum atomic E-state index is -0.488. The van der Waals surface area contributed by atoms with Crippen molar-refractivity contribution in [2.24, 2.45) is 5.84 Å². The Morgan fingerprint density at radius 1 is 1.62 bits per heavy atom. The van der Waals surface area contributed by atoms with Crippen LogP contribution >= 0.6 is 0 Å². The normalized spacial score (nSPS) is 21.2. The number of nitrogen functional groups attached to an aromatic ring is 1. The quantitative estimate of drug-likeness (QED) is 0.547. The van der Waals surface area contributed by atoms with Crippen molar-refractivity contribution in [3.05, 3.63) is 23.4 Å². The van der Waals surface area contributed by atoms with E-state index in [0.717, 1.165) is 0 Å². The van der Waals surface area contributed by atoms with Gasteiger partial charge < -0.3 is 20.2 Å². The van der Waals surface area contributed by atoms with Crippen molar-refractivity contribution in [3.63, 3.8) is 0 Å². The molecule has 116 valence electrons. The molecule has 7 heteroatoms. The number of rotatable bonds is 3. The first kappa shape index (κ1) is 15.7. The fourth-order valence-corrected chi connectivity index (χ4v) is 2.59. The molecule has 1 aromatic rings. The number of carbonyl (C=O) groups is 1. The van der Waals surface area contributed by atoms with Gasteiger partial charge in [0.25, 0.3) is 5.91 Å². The van der Waals surface area contributed by atoms with E-state index in [4.69, 9.17) is 10.6 Å². The molecule has 0 spiro atoms. The van der Waals surface area contributed by atoms with Gasteiger partial charge in [-0.1, -0.05) is 0 Å². The first-order chi connectivity index (χ1) is 9.84. The number of carbonyl (C=O) groups excluding carboxylic acids is 1. The van der Waals surface area contributed by atoms with Crippen molar-refractivity contribution in [1.29, 1.82) is 0 Å². The Bertz CT molecular complexity index is 533. The molecule has 0 aromatic carbocycles. The molecule has 0 radical (unpaired) electrons. The second kappa shape index (κ2) is 5.97. The van der Waals surface area contributed by atoms with Crippen LogP contribution in [0.5, 0.6) is 0 Å². The first-order valence-electron chi connectivity index (χ1n) is 6.88. The molecule has 7 nitrogen and oxygen atoms in total. The zero-order chi connectivity index (χ0) is 15.6. The number of hydrogen-bond acceptors (Lipinski definition) is 6. The molecule has 0 bridgehead atoms. The van der Waals surface area contributed by atoms with Crippen molar-refractivity contribution in [2.75, 3.05) is 25.1 Å². The Morgan fingerprint density at radius 2 is 2.33 bits per heavy atom. The van der Waals surface area contributed by atoms with E-state index >= 15 is 0 Å². The van der Waals surface area contributed by atoms with Crippen LogP contribution in [0.1, 0.15) is 29.9 Å². The van der Waals surface area contributed by atoms with Crippen molar-refractivity contribution in [1.82, 2.24) is 9.88 Å². The molecule has 1 amide bonds. The minimum absolute atomic E-state index is 0.113. The minimum Gasteiger partial charge on any atom is -0.394 e. The Labute approximate surface area is 124 Å². The highest BCUT2D eigenvalue weighted by atomic mass is 16.5. The maximum Gasteiger partial charge on any atom is 0.254 e. The smallest absolute Gasteiger partial charge is 0.254 e. The van der Waals surface area contributed by atoms with Gasteiger partial charge in [0.2, 0.25) is 0 Å². The summed E-state index contributed by atoms with van der Waals surface area (Å²) in [5.41, 5.74) is 3.19. The first-order valence-corrected chi connectivity index (χ1v) is 6.88. The van der Waals surface area contributed by atoms with Gasteiger partial charge in [-0.15, -0.1) is 0 Å². The van der Waals surface area contributed by atoms with Crippen LogP contribution < -0.4 is 11.3 Å². The Morgan fingerprint density at radius 3 is 2.95 bits per heavy atom. The predicted octanol–water partition coefficient (Wildman–Crippen LogP) is 0.288. The van der Waals surface area contributed by atoms with E-state index < -0.39 is 5.60 Å². The maximum atomic E-state index is 12.7. The van der Waals surface area contributed by atoms with E-state index in [1.807, 2.05) is 13.8 Å². The molecule has 1 aromatic heterocycles. The molecule has 21 heavy (non-hydrogen) atoms. The van der Waals surface area contributed by atoms with E-state index in [0.29, 0.717) is 30.2 Å². The van der Waals surface area contributed by atoms with Gasteiger partial charge in [-0.25, -0.2) is 10.8 Å². The molecule has 1 saturated heterocycles. The average Bonchev–Trinajstić information content (AvgIpc) is 2.43. The lowest BCUT2D eigenvalue weighted by molar-refractivity contribution is -0.139. The number of aliphatic hydroxyl groups excluding tert-OH is 1. The monoisotopic (exact) mass is 294 g/mol. The molecular formula is C14H22N4O3. The number of aromatic nitrogens is 1. The number of ether oxygens (including phenoxy) is 1. The van der Waals surface area contributed by atoms with Gasteiger partial charge in [-0.3, -0.25) is 4.79 Å². The molecule has 1 atom stereocenters. The molecule has 1 fully saturated rings.